The fraction of sp³-hybridized carbons (Fsp3) is 0.333. The van der Waals surface area contributed by atoms with Crippen LogP contribution in [0.25, 0.3) is 0 Å². The highest BCUT2D eigenvalue weighted by atomic mass is 32.1. The van der Waals surface area contributed by atoms with Gasteiger partial charge in [0.25, 0.3) is 5.91 Å². The molecule has 0 spiro atoms. The third-order valence-corrected chi connectivity index (χ3v) is 5.03. The molecule has 1 aliphatic heterocycles. The lowest BCUT2D eigenvalue weighted by molar-refractivity contribution is -0.134. The monoisotopic (exact) mass is 343 g/mol. The number of nitrogens with two attached hydrogens (primary N) is 1. The second-order valence-electron chi connectivity index (χ2n) is 6.02. The van der Waals surface area contributed by atoms with Crippen LogP contribution in [0.5, 0.6) is 0 Å². The molecule has 1 aromatic carbocycles. The van der Waals surface area contributed by atoms with E-state index in [1.165, 1.54) is 11.3 Å². The van der Waals surface area contributed by atoms with Crippen LogP contribution in [0.4, 0.5) is 0 Å². The number of rotatable bonds is 3. The molecule has 0 saturated carbocycles. The van der Waals surface area contributed by atoms with Gasteiger partial charge in [0.2, 0.25) is 5.91 Å². The van der Waals surface area contributed by atoms with Crippen LogP contribution in [-0.2, 0) is 4.79 Å². The van der Waals surface area contributed by atoms with Crippen molar-refractivity contribution in [2.75, 3.05) is 26.2 Å². The molecule has 2 N–H and O–H groups in total. The van der Waals surface area contributed by atoms with E-state index in [0.29, 0.717) is 26.2 Å². The van der Waals surface area contributed by atoms with Crippen LogP contribution in [-0.4, -0.2) is 47.8 Å². The van der Waals surface area contributed by atoms with E-state index in [9.17, 15) is 9.59 Å². The lowest BCUT2D eigenvalue weighted by Crippen LogP contribution is -2.52. The molecule has 24 heavy (non-hydrogen) atoms. The Morgan fingerprint density at radius 3 is 2.25 bits per heavy atom. The Kier molecular flexibility index (Phi) is 4.97. The van der Waals surface area contributed by atoms with Gasteiger partial charge < -0.3 is 15.5 Å². The minimum Gasteiger partial charge on any atom is -0.337 e. The fourth-order valence-electron chi connectivity index (χ4n) is 2.81. The van der Waals surface area contributed by atoms with Crippen molar-refractivity contribution in [3.05, 3.63) is 57.8 Å². The Balaban J connectivity index is 1.58. The number of nitrogens with zero attached hydrogens (tertiary/aromatic N) is 2. The Labute approximate surface area is 145 Å². The van der Waals surface area contributed by atoms with Crippen LogP contribution in [0, 0.1) is 6.92 Å². The zero-order chi connectivity index (χ0) is 17.1. The van der Waals surface area contributed by atoms with Crippen LogP contribution in [0.15, 0.2) is 41.1 Å². The highest BCUT2D eigenvalue weighted by molar-refractivity contribution is 7.08. The molecule has 3 rings (SSSR count). The molecule has 0 bridgehead atoms. The minimum absolute atomic E-state index is 0.0335. The summed E-state index contributed by atoms with van der Waals surface area (Å²) in [6.45, 7) is 4.13. The predicted molar refractivity (Wildman–Crippen MR) is 94.9 cm³/mol. The molecule has 126 valence electrons. The second kappa shape index (κ2) is 7.15. The summed E-state index contributed by atoms with van der Waals surface area (Å²) in [6, 6.07) is 8.89. The maximum atomic E-state index is 12.6. The summed E-state index contributed by atoms with van der Waals surface area (Å²) in [5.41, 5.74) is 8.80. The van der Waals surface area contributed by atoms with E-state index in [0.717, 1.165) is 16.7 Å². The van der Waals surface area contributed by atoms with Gasteiger partial charge >= 0.3 is 0 Å². The van der Waals surface area contributed by atoms with E-state index in [-0.39, 0.29) is 11.8 Å². The van der Waals surface area contributed by atoms with Crippen molar-refractivity contribution in [1.82, 2.24) is 9.80 Å². The molecule has 1 unspecified atom stereocenters. The molecule has 1 saturated heterocycles. The summed E-state index contributed by atoms with van der Waals surface area (Å²) in [5.74, 6) is -0.0485. The van der Waals surface area contributed by atoms with Crippen LogP contribution in [0.2, 0.25) is 0 Å². The van der Waals surface area contributed by atoms with Crippen molar-refractivity contribution in [3.8, 4) is 0 Å². The van der Waals surface area contributed by atoms with E-state index in [1.54, 1.807) is 9.80 Å². The first kappa shape index (κ1) is 16.7. The minimum atomic E-state index is -0.648. The molecule has 2 heterocycles. The lowest BCUT2D eigenvalue weighted by Gasteiger charge is -2.35. The van der Waals surface area contributed by atoms with Crippen LogP contribution < -0.4 is 5.73 Å². The Bertz CT molecular complexity index is 704. The summed E-state index contributed by atoms with van der Waals surface area (Å²) in [6.07, 6.45) is 0. The molecule has 1 aromatic heterocycles. The van der Waals surface area contributed by atoms with Crippen LogP contribution in [0.3, 0.4) is 0 Å². The number of thiophene rings is 1. The molecule has 1 atom stereocenters. The summed E-state index contributed by atoms with van der Waals surface area (Å²) in [5, 5.41) is 3.75. The summed E-state index contributed by atoms with van der Waals surface area (Å²) in [7, 11) is 0. The van der Waals surface area contributed by atoms with Crippen molar-refractivity contribution in [3.63, 3.8) is 0 Å². The molecule has 0 radical (unpaired) electrons. The SMILES string of the molecule is Cc1ccc(C(N)C(=O)N2CCN(C(=O)c3ccsc3)CC2)cc1. The smallest absolute Gasteiger partial charge is 0.254 e. The molecular weight excluding hydrogens is 322 g/mol. The molecule has 6 heteroatoms. The van der Waals surface area contributed by atoms with E-state index >= 15 is 0 Å². The zero-order valence-electron chi connectivity index (χ0n) is 13.6. The zero-order valence-corrected chi connectivity index (χ0v) is 14.5. The van der Waals surface area contributed by atoms with E-state index < -0.39 is 6.04 Å². The third-order valence-electron chi connectivity index (χ3n) is 4.35. The number of piperazine rings is 1. The first-order chi connectivity index (χ1) is 11.6. The van der Waals surface area contributed by atoms with Crippen molar-refractivity contribution < 1.29 is 9.59 Å². The molecule has 2 amide bonds. The van der Waals surface area contributed by atoms with Gasteiger partial charge in [0.05, 0.1) is 5.56 Å². The van der Waals surface area contributed by atoms with Gasteiger partial charge in [0, 0.05) is 31.6 Å². The van der Waals surface area contributed by atoms with Gasteiger partial charge in [-0.05, 0) is 23.9 Å². The van der Waals surface area contributed by atoms with Gasteiger partial charge in [0.1, 0.15) is 6.04 Å². The third kappa shape index (κ3) is 3.49. The molecule has 5 nitrogen and oxygen atoms in total. The van der Waals surface area contributed by atoms with Crippen LogP contribution >= 0.6 is 11.3 Å². The van der Waals surface area contributed by atoms with Crippen molar-refractivity contribution >= 4 is 23.2 Å². The number of benzene rings is 1. The standard InChI is InChI=1S/C18H21N3O2S/c1-13-2-4-14(5-3-13)16(19)18(23)21-9-7-20(8-10-21)17(22)15-6-11-24-12-15/h2-6,11-12,16H,7-10,19H2,1H3. The van der Waals surface area contributed by atoms with Gasteiger partial charge in [-0.2, -0.15) is 11.3 Å². The number of carbonyl (C=O) groups excluding carboxylic acids is 2. The Morgan fingerprint density at radius 2 is 1.67 bits per heavy atom. The number of aryl methyl sites for hydroxylation is 1. The summed E-state index contributed by atoms with van der Waals surface area (Å²) < 4.78 is 0. The maximum Gasteiger partial charge on any atom is 0.254 e. The highest BCUT2D eigenvalue weighted by Gasteiger charge is 2.28. The lowest BCUT2D eigenvalue weighted by atomic mass is 10.0. The van der Waals surface area contributed by atoms with E-state index in [1.807, 2.05) is 48.0 Å². The summed E-state index contributed by atoms with van der Waals surface area (Å²) >= 11 is 1.51. The van der Waals surface area contributed by atoms with Gasteiger partial charge in [-0.15, -0.1) is 0 Å². The number of carbonyl (C=O) groups is 2. The predicted octanol–water partition coefficient (Wildman–Crippen LogP) is 2.04. The molecule has 1 fully saturated rings. The van der Waals surface area contributed by atoms with Gasteiger partial charge in [0.15, 0.2) is 0 Å². The maximum absolute atomic E-state index is 12.6. The topological polar surface area (TPSA) is 66.6 Å². The highest BCUT2D eigenvalue weighted by Crippen LogP contribution is 2.17. The normalized spacial score (nSPS) is 16.1. The Morgan fingerprint density at radius 1 is 1.04 bits per heavy atom. The first-order valence-electron chi connectivity index (χ1n) is 7.98. The van der Waals surface area contributed by atoms with Crippen molar-refractivity contribution in [1.29, 1.82) is 0 Å². The van der Waals surface area contributed by atoms with Crippen molar-refractivity contribution in [2.24, 2.45) is 5.73 Å². The van der Waals surface area contributed by atoms with Crippen LogP contribution in [0.1, 0.15) is 27.5 Å². The molecule has 2 aromatic rings. The van der Waals surface area contributed by atoms with Crippen molar-refractivity contribution in [2.45, 2.75) is 13.0 Å². The Hall–Kier alpha value is -2.18. The molecular formula is C18H21N3O2S. The number of hydrogen-bond acceptors (Lipinski definition) is 4. The average molecular weight is 343 g/mol. The van der Waals surface area contributed by atoms with Gasteiger partial charge in [-0.1, -0.05) is 29.8 Å². The second-order valence-corrected chi connectivity index (χ2v) is 6.80. The number of hydrogen-bond donors (Lipinski definition) is 1. The first-order valence-corrected chi connectivity index (χ1v) is 8.93. The molecule has 0 aliphatic carbocycles. The van der Waals surface area contributed by atoms with Gasteiger partial charge in [-0.3, -0.25) is 9.59 Å². The fourth-order valence-corrected chi connectivity index (χ4v) is 3.44. The van der Waals surface area contributed by atoms with E-state index in [2.05, 4.69) is 0 Å². The van der Waals surface area contributed by atoms with Gasteiger partial charge in [-0.25, -0.2) is 0 Å². The summed E-state index contributed by atoms with van der Waals surface area (Å²) in [4.78, 5) is 28.5. The number of amides is 2. The quantitative estimate of drug-likeness (QED) is 0.927. The largest absolute Gasteiger partial charge is 0.337 e. The molecule has 1 aliphatic rings. The van der Waals surface area contributed by atoms with E-state index in [4.69, 9.17) is 5.73 Å². The average Bonchev–Trinajstić information content (AvgIpc) is 3.15.